The summed E-state index contributed by atoms with van der Waals surface area (Å²) >= 11 is 4.73. The lowest BCUT2D eigenvalue weighted by atomic mass is 10.1. The van der Waals surface area contributed by atoms with Crippen LogP contribution in [0.2, 0.25) is 0 Å². The largest absolute Gasteiger partial charge is 0.388 e. The highest BCUT2D eigenvalue weighted by atomic mass is 32.1. The third-order valence-electron chi connectivity index (χ3n) is 2.16. The van der Waals surface area contributed by atoms with Gasteiger partial charge in [-0.25, -0.2) is 0 Å². The quantitative estimate of drug-likeness (QED) is 0.715. The number of aromatic nitrogens is 1. The molecule has 0 bridgehead atoms. The van der Waals surface area contributed by atoms with Gasteiger partial charge in [-0.3, -0.25) is 0 Å². The maximum Gasteiger partial charge on any atom is 0.168 e. The molecule has 5 nitrogen and oxygen atoms in total. The number of thiocarbonyl (C=S) groups is 1. The molecular formula is C11H11N3O2S. The highest BCUT2D eigenvalue weighted by Gasteiger charge is 2.05. The van der Waals surface area contributed by atoms with Crippen LogP contribution >= 0.6 is 12.2 Å². The Hall–Kier alpha value is -1.92. The number of hydrogen-bond donors (Lipinski definition) is 3. The molecule has 1 heterocycles. The van der Waals surface area contributed by atoms with Crippen molar-refractivity contribution in [3.8, 4) is 11.3 Å². The van der Waals surface area contributed by atoms with Crippen molar-refractivity contribution in [2.45, 2.75) is 6.61 Å². The van der Waals surface area contributed by atoms with Gasteiger partial charge in [-0.2, -0.15) is 0 Å². The molecule has 0 aliphatic carbocycles. The van der Waals surface area contributed by atoms with Gasteiger partial charge in [-0.05, 0) is 24.4 Å². The number of benzene rings is 1. The number of hydrogen-bond acceptors (Lipinski definition) is 4. The van der Waals surface area contributed by atoms with E-state index >= 15 is 0 Å². The maximum absolute atomic E-state index is 8.87. The van der Waals surface area contributed by atoms with E-state index in [1.807, 2.05) is 24.3 Å². The SMILES string of the molecule is NC(=S)Nc1ccc(-c2cc(CO)on2)cc1. The standard InChI is InChI=1S/C11H11N3O2S/c12-11(17)13-8-3-1-7(2-4-8)10-5-9(6-15)16-14-10/h1-5,15H,6H2,(H3,12,13,17). The van der Waals surface area contributed by atoms with Gasteiger partial charge in [0.1, 0.15) is 12.3 Å². The van der Waals surface area contributed by atoms with Crippen LogP contribution < -0.4 is 11.1 Å². The first kappa shape index (κ1) is 11.6. The number of nitrogens with two attached hydrogens (primary N) is 1. The molecule has 0 fully saturated rings. The molecular weight excluding hydrogens is 238 g/mol. The molecule has 0 aliphatic rings. The second-order valence-corrected chi connectivity index (χ2v) is 3.84. The highest BCUT2D eigenvalue weighted by Crippen LogP contribution is 2.21. The molecule has 17 heavy (non-hydrogen) atoms. The zero-order valence-corrected chi connectivity index (χ0v) is 9.70. The molecule has 0 aliphatic heterocycles. The Morgan fingerprint density at radius 3 is 2.65 bits per heavy atom. The molecule has 0 unspecified atom stereocenters. The Morgan fingerprint density at radius 2 is 2.12 bits per heavy atom. The zero-order valence-electron chi connectivity index (χ0n) is 8.88. The predicted octanol–water partition coefficient (Wildman–Crippen LogP) is 1.49. The van der Waals surface area contributed by atoms with Crippen LogP contribution in [0.4, 0.5) is 5.69 Å². The molecule has 0 saturated carbocycles. The summed E-state index contributed by atoms with van der Waals surface area (Å²) in [5, 5.41) is 15.8. The smallest absolute Gasteiger partial charge is 0.168 e. The summed E-state index contributed by atoms with van der Waals surface area (Å²) < 4.78 is 4.91. The number of aliphatic hydroxyl groups excluding tert-OH is 1. The molecule has 1 aromatic heterocycles. The van der Waals surface area contributed by atoms with E-state index in [0.717, 1.165) is 11.3 Å². The molecule has 0 saturated heterocycles. The van der Waals surface area contributed by atoms with Crippen LogP contribution in [0.15, 0.2) is 34.9 Å². The number of nitrogens with one attached hydrogen (secondary N) is 1. The van der Waals surface area contributed by atoms with Crippen molar-refractivity contribution < 1.29 is 9.63 Å². The lowest BCUT2D eigenvalue weighted by molar-refractivity contribution is 0.229. The first-order valence-electron chi connectivity index (χ1n) is 4.92. The van der Waals surface area contributed by atoms with Gasteiger partial charge in [0, 0.05) is 17.3 Å². The van der Waals surface area contributed by atoms with E-state index in [1.165, 1.54) is 0 Å². The number of anilines is 1. The fourth-order valence-corrected chi connectivity index (χ4v) is 1.51. The topological polar surface area (TPSA) is 84.3 Å². The molecule has 2 aromatic rings. The summed E-state index contributed by atoms with van der Waals surface area (Å²) in [7, 11) is 0. The summed E-state index contributed by atoms with van der Waals surface area (Å²) in [4.78, 5) is 0. The van der Waals surface area contributed by atoms with E-state index in [4.69, 9.17) is 27.6 Å². The lowest BCUT2D eigenvalue weighted by Gasteiger charge is -2.03. The van der Waals surface area contributed by atoms with Crippen molar-refractivity contribution in [1.82, 2.24) is 5.16 Å². The van der Waals surface area contributed by atoms with Crippen LogP contribution in [0, 0.1) is 0 Å². The average Bonchev–Trinajstić information content (AvgIpc) is 2.78. The second-order valence-electron chi connectivity index (χ2n) is 3.40. The first-order valence-corrected chi connectivity index (χ1v) is 5.33. The predicted molar refractivity (Wildman–Crippen MR) is 68.3 cm³/mol. The Balaban J connectivity index is 2.19. The van der Waals surface area contributed by atoms with E-state index in [1.54, 1.807) is 6.07 Å². The van der Waals surface area contributed by atoms with Crippen molar-refractivity contribution in [2.24, 2.45) is 5.73 Å². The number of aliphatic hydroxyl groups is 1. The van der Waals surface area contributed by atoms with Gasteiger partial charge in [0.15, 0.2) is 10.9 Å². The average molecular weight is 249 g/mol. The van der Waals surface area contributed by atoms with Crippen LogP contribution in [0.3, 0.4) is 0 Å². The zero-order chi connectivity index (χ0) is 12.3. The third-order valence-corrected chi connectivity index (χ3v) is 2.27. The van der Waals surface area contributed by atoms with Gasteiger partial charge in [-0.1, -0.05) is 17.3 Å². The Morgan fingerprint density at radius 1 is 1.41 bits per heavy atom. The second kappa shape index (κ2) is 4.94. The molecule has 0 atom stereocenters. The van der Waals surface area contributed by atoms with Gasteiger partial charge in [-0.15, -0.1) is 0 Å². The van der Waals surface area contributed by atoms with Crippen LogP contribution in [0.5, 0.6) is 0 Å². The van der Waals surface area contributed by atoms with E-state index < -0.39 is 0 Å². The fraction of sp³-hybridized carbons (Fsp3) is 0.0909. The maximum atomic E-state index is 8.87. The molecule has 1 aromatic carbocycles. The van der Waals surface area contributed by atoms with Gasteiger partial charge in [0.25, 0.3) is 0 Å². The Bertz CT molecular complexity index is 522. The monoisotopic (exact) mass is 249 g/mol. The molecule has 0 spiro atoms. The van der Waals surface area contributed by atoms with E-state index in [2.05, 4.69) is 10.5 Å². The summed E-state index contributed by atoms with van der Waals surface area (Å²) in [6.45, 7) is -0.159. The normalized spacial score (nSPS) is 10.2. The summed E-state index contributed by atoms with van der Waals surface area (Å²) in [6, 6.07) is 9.08. The summed E-state index contributed by atoms with van der Waals surface area (Å²) in [5.41, 5.74) is 7.74. The van der Waals surface area contributed by atoms with Crippen molar-refractivity contribution in [3.63, 3.8) is 0 Å². The van der Waals surface area contributed by atoms with Gasteiger partial charge in [0.2, 0.25) is 0 Å². The Kier molecular flexibility index (Phi) is 3.36. The highest BCUT2D eigenvalue weighted by molar-refractivity contribution is 7.80. The van der Waals surface area contributed by atoms with E-state index in [-0.39, 0.29) is 11.7 Å². The fourth-order valence-electron chi connectivity index (χ4n) is 1.39. The van der Waals surface area contributed by atoms with Crippen molar-refractivity contribution in [3.05, 3.63) is 36.1 Å². The van der Waals surface area contributed by atoms with Crippen molar-refractivity contribution in [2.75, 3.05) is 5.32 Å². The minimum absolute atomic E-state index is 0.159. The molecule has 4 N–H and O–H groups in total. The van der Waals surface area contributed by atoms with Gasteiger partial charge < -0.3 is 20.7 Å². The van der Waals surface area contributed by atoms with Crippen LogP contribution in [-0.4, -0.2) is 15.4 Å². The number of rotatable bonds is 3. The molecule has 2 rings (SSSR count). The van der Waals surface area contributed by atoms with Crippen LogP contribution in [0.25, 0.3) is 11.3 Å². The van der Waals surface area contributed by atoms with E-state index in [0.29, 0.717) is 11.5 Å². The minimum Gasteiger partial charge on any atom is -0.388 e. The minimum atomic E-state index is -0.159. The molecule has 0 radical (unpaired) electrons. The lowest BCUT2D eigenvalue weighted by Crippen LogP contribution is -2.18. The summed E-state index contributed by atoms with van der Waals surface area (Å²) in [5.74, 6) is 0.435. The van der Waals surface area contributed by atoms with Crippen LogP contribution in [0.1, 0.15) is 5.76 Å². The van der Waals surface area contributed by atoms with Gasteiger partial charge in [0.05, 0.1) is 0 Å². The number of nitrogens with zero attached hydrogens (tertiary/aromatic N) is 1. The van der Waals surface area contributed by atoms with E-state index in [9.17, 15) is 0 Å². The summed E-state index contributed by atoms with van der Waals surface area (Å²) in [6.07, 6.45) is 0. The van der Waals surface area contributed by atoms with Crippen molar-refractivity contribution >= 4 is 23.0 Å². The molecule has 6 heteroatoms. The first-order chi connectivity index (χ1) is 8.19. The van der Waals surface area contributed by atoms with Crippen LogP contribution in [-0.2, 0) is 6.61 Å². The van der Waals surface area contributed by atoms with Gasteiger partial charge >= 0.3 is 0 Å². The molecule has 88 valence electrons. The third kappa shape index (κ3) is 2.80. The molecule has 0 amide bonds. The van der Waals surface area contributed by atoms with Crippen molar-refractivity contribution in [1.29, 1.82) is 0 Å². The Labute approximate surface area is 103 Å².